The van der Waals surface area contributed by atoms with Crippen LogP contribution in [0.2, 0.25) is 0 Å². The maximum atomic E-state index is 5.54. The number of rotatable bonds is 1. The first-order valence-electron chi connectivity index (χ1n) is 3.89. The van der Waals surface area contributed by atoms with Gasteiger partial charge in [0, 0.05) is 11.3 Å². The zero-order valence-corrected chi connectivity index (χ0v) is 6.66. The van der Waals surface area contributed by atoms with Crippen LogP contribution in [0.1, 0.15) is 5.56 Å². The average molecular weight is 162 g/mol. The molecular weight excluding hydrogens is 152 g/mol. The van der Waals surface area contributed by atoms with Gasteiger partial charge in [-0.25, -0.2) is 4.99 Å². The van der Waals surface area contributed by atoms with Crippen molar-refractivity contribution in [1.29, 1.82) is 0 Å². The van der Waals surface area contributed by atoms with Crippen LogP contribution in [-0.4, -0.2) is 19.0 Å². The minimum absolute atomic E-state index is 0.694. The van der Waals surface area contributed by atoms with Gasteiger partial charge in [-0.15, -0.1) is 0 Å². The van der Waals surface area contributed by atoms with Crippen molar-refractivity contribution in [2.75, 3.05) is 18.9 Å². The summed E-state index contributed by atoms with van der Waals surface area (Å²) < 4.78 is 5.29. The molecule has 62 valence electrons. The number of nitrogens with zero attached hydrogens (tertiary/aromatic N) is 1. The van der Waals surface area contributed by atoms with E-state index in [1.165, 1.54) is 0 Å². The van der Waals surface area contributed by atoms with E-state index in [2.05, 4.69) is 4.99 Å². The number of anilines is 1. The van der Waals surface area contributed by atoms with Gasteiger partial charge >= 0.3 is 0 Å². The molecule has 0 aliphatic carbocycles. The van der Waals surface area contributed by atoms with E-state index >= 15 is 0 Å². The number of ether oxygens (including phenoxy) is 1. The number of nitrogens with two attached hydrogens (primary N) is 1. The molecule has 0 amide bonds. The van der Waals surface area contributed by atoms with E-state index in [0.29, 0.717) is 6.61 Å². The number of benzene rings is 1. The van der Waals surface area contributed by atoms with E-state index in [-0.39, 0.29) is 0 Å². The maximum absolute atomic E-state index is 5.54. The SMILES string of the molecule is Nc1ccc(C2=NCCO2)cc1. The minimum atomic E-state index is 0.694. The first kappa shape index (κ1) is 7.16. The molecule has 0 atom stereocenters. The maximum Gasteiger partial charge on any atom is 0.216 e. The molecule has 0 fully saturated rings. The summed E-state index contributed by atoms with van der Waals surface area (Å²) in [6, 6.07) is 7.53. The largest absolute Gasteiger partial charge is 0.476 e. The third-order valence-electron chi connectivity index (χ3n) is 1.74. The molecular formula is C9H10N2O. The highest BCUT2D eigenvalue weighted by atomic mass is 16.5. The molecule has 1 aliphatic heterocycles. The summed E-state index contributed by atoms with van der Waals surface area (Å²) >= 11 is 0. The predicted octanol–water partition coefficient (Wildman–Crippen LogP) is 1.05. The molecule has 0 saturated heterocycles. The molecule has 0 bridgehead atoms. The number of aliphatic imine (C=N–C) groups is 1. The topological polar surface area (TPSA) is 47.6 Å². The Morgan fingerprint density at radius 2 is 2.00 bits per heavy atom. The number of nitrogen functional groups attached to an aromatic ring is 1. The van der Waals surface area contributed by atoms with Gasteiger partial charge in [0.2, 0.25) is 5.90 Å². The van der Waals surface area contributed by atoms with Crippen LogP contribution in [0.15, 0.2) is 29.3 Å². The van der Waals surface area contributed by atoms with Crippen molar-refractivity contribution in [2.45, 2.75) is 0 Å². The fraction of sp³-hybridized carbons (Fsp3) is 0.222. The summed E-state index contributed by atoms with van der Waals surface area (Å²) in [5.74, 6) is 0.731. The molecule has 3 heteroatoms. The molecule has 3 nitrogen and oxygen atoms in total. The fourth-order valence-electron chi connectivity index (χ4n) is 1.14. The fourth-order valence-corrected chi connectivity index (χ4v) is 1.14. The van der Waals surface area contributed by atoms with E-state index < -0.39 is 0 Å². The van der Waals surface area contributed by atoms with Crippen molar-refractivity contribution in [3.8, 4) is 0 Å². The predicted molar refractivity (Wildman–Crippen MR) is 48.2 cm³/mol. The van der Waals surface area contributed by atoms with E-state index in [1.54, 1.807) is 0 Å². The first-order chi connectivity index (χ1) is 5.86. The molecule has 1 aromatic rings. The van der Waals surface area contributed by atoms with Gasteiger partial charge in [-0.1, -0.05) is 0 Å². The van der Waals surface area contributed by atoms with Gasteiger partial charge in [0.05, 0.1) is 6.54 Å². The average Bonchev–Trinajstić information content (AvgIpc) is 2.58. The van der Waals surface area contributed by atoms with E-state index in [4.69, 9.17) is 10.5 Å². The molecule has 0 saturated carbocycles. The van der Waals surface area contributed by atoms with Gasteiger partial charge in [-0.3, -0.25) is 0 Å². The summed E-state index contributed by atoms with van der Waals surface area (Å²) in [5.41, 5.74) is 7.31. The van der Waals surface area contributed by atoms with Crippen LogP contribution in [0, 0.1) is 0 Å². The highest BCUT2D eigenvalue weighted by Gasteiger charge is 2.08. The quantitative estimate of drug-likeness (QED) is 0.627. The molecule has 0 radical (unpaired) electrons. The van der Waals surface area contributed by atoms with Crippen molar-refractivity contribution >= 4 is 11.6 Å². The third kappa shape index (κ3) is 1.25. The second kappa shape index (κ2) is 2.85. The summed E-state index contributed by atoms with van der Waals surface area (Å²) in [4.78, 5) is 4.19. The second-order valence-electron chi connectivity index (χ2n) is 2.66. The van der Waals surface area contributed by atoms with Crippen molar-refractivity contribution in [3.63, 3.8) is 0 Å². The number of hydrogen-bond acceptors (Lipinski definition) is 3. The number of hydrogen-bond donors (Lipinski definition) is 1. The van der Waals surface area contributed by atoms with E-state index in [9.17, 15) is 0 Å². The van der Waals surface area contributed by atoms with Crippen molar-refractivity contribution in [3.05, 3.63) is 29.8 Å². The van der Waals surface area contributed by atoms with Crippen molar-refractivity contribution in [2.24, 2.45) is 4.99 Å². The third-order valence-corrected chi connectivity index (χ3v) is 1.74. The zero-order chi connectivity index (χ0) is 8.39. The molecule has 1 heterocycles. The smallest absolute Gasteiger partial charge is 0.216 e. The van der Waals surface area contributed by atoms with Gasteiger partial charge in [-0.05, 0) is 24.3 Å². The van der Waals surface area contributed by atoms with Crippen LogP contribution in [0.3, 0.4) is 0 Å². The normalized spacial score (nSPS) is 15.5. The van der Waals surface area contributed by atoms with Gasteiger partial charge in [0.25, 0.3) is 0 Å². The van der Waals surface area contributed by atoms with Crippen LogP contribution in [0.5, 0.6) is 0 Å². The van der Waals surface area contributed by atoms with Crippen molar-refractivity contribution in [1.82, 2.24) is 0 Å². The summed E-state index contributed by atoms with van der Waals surface area (Å²) in [5, 5.41) is 0. The summed E-state index contributed by atoms with van der Waals surface area (Å²) in [6.45, 7) is 1.46. The highest BCUT2D eigenvalue weighted by Crippen LogP contribution is 2.09. The van der Waals surface area contributed by atoms with Gasteiger partial charge in [0.15, 0.2) is 0 Å². The summed E-state index contributed by atoms with van der Waals surface area (Å²) in [7, 11) is 0. The summed E-state index contributed by atoms with van der Waals surface area (Å²) in [6.07, 6.45) is 0. The van der Waals surface area contributed by atoms with E-state index in [1.807, 2.05) is 24.3 Å². The molecule has 2 rings (SSSR count). The Balaban J connectivity index is 2.28. The molecule has 0 spiro atoms. The Hall–Kier alpha value is -1.51. The van der Waals surface area contributed by atoms with Gasteiger partial charge < -0.3 is 10.5 Å². The van der Waals surface area contributed by atoms with Crippen molar-refractivity contribution < 1.29 is 4.74 Å². The Morgan fingerprint density at radius 3 is 2.58 bits per heavy atom. The Labute approximate surface area is 70.9 Å². The molecule has 1 aromatic carbocycles. The molecule has 2 N–H and O–H groups in total. The Bertz CT molecular complexity index is 303. The van der Waals surface area contributed by atoms with Crippen LogP contribution in [0.4, 0.5) is 5.69 Å². The first-order valence-corrected chi connectivity index (χ1v) is 3.89. The van der Waals surface area contributed by atoms with Gasteiger partial charge in [-0.2, -0.15) is 0 Å². The minimum Gasteiger partial charge on any atom is -0.476 e. The Morgan fingerprint density at radius 1 is 1.25 bits per heavy atom. The molecule has 0 aromatic heterocycles. The Kier molecular flexibility index (Phi) is 1.70. The lowest BCUT2D eigenvalue weighted by molar-refractivity contribution is 0.348. The molecule has 1 aliphatic rings. The van der Waals surface area contributed by atoms with Crippen LogP contribution >= 0.6 is 0 Å². The van der Waals surface area contributed by atoms with Gasteiger partial charge in [0.1, 0.15) is 6.61 Å². The second-order valence-corrected chi connectivity index (χ2v) is 2.66. The molecule has 12 heavy (non-hydrogen) atoms. The lowest BCUT2D eigenvalue weighted by Crippen LogP contribution is -2.00. The van der Waals surface area contributed by atoms with E-state index in [0.717, 1.165) is 23.7 Å². The lowest BCUT2D eigenvalue weighted by atomic mass is 10.2. The highest BCUT2D eigenvalue weighted by molar-refractivity contribution is 5.95. The molecule has 0 unspecified atom stereocenters. The lowest BCUT2D eigenvalue weighted by Gasteiger charge is -2.00. The standard InChI is InChI=1S/C9H10N2O/c10-8-3-1-7(2-4-8)9-11-5-6-12-9/h1-4H,5-6,10H2. The van der Waals surface area contributed by atoms with Crippen LogP contribution < -0.4 is 5.73 Å². The zero-order valence-electron chi connectivity index (χ0n) is 6.66. The van der Waals surface area contributed by atoms with Crippen LogP contribution in [0.25, 0.3) is 0 Å². The van der Waals surface area contributed by atoms with Crippen LogP contribution in [-0.2, 0) is 4.74 Å². The monoisotopic (exact) mass is 162 g/mol.